The Morgan fingerprint density at radius 1 is 1.10 bits per heavy atom. The Bertz CT molecular complexity index is 867. The number of nitrogens with zero attached hydrogens (tertiary/aromatic N) is 3. The maximum atomic E-state index is 13.0. The van der Waals surface area contributed by atoms with E-state index in [-0.39, 0.29) is 28.2 Å². The zero-order valence-corrected chi connectivity index (χ0v) is 17.8. The van der Waals surface area contributed by atoms with Crippen molar-refractivity contribution >= 4 is 11.7 Å². The number of likely N-dealkylation sites (N-methyl/N-ethyl adjacent to an activating group) is 1. The van der Waals surface area contributed by atoms with E-state index in [4.69, 9.17) is 0 Å². The molecule has 3 aliphatic rings. The van der Waals surface area contributed by atoms with Crippen LogP contribution in [-0.4, -0.2) is 83.7 Å². The highest BCUT2D eigenvalue weighted by molar-refractivity contribution is 6.02. The van der Waals surface area contributed by atoms with Gasteiger partial charge in [0, 0.05) is 56.4 Å². The number of carbonyl (C=O) groups excluding carboxylic acids is 2. The lowest BCUT2D eigenvalue weighted by molar-refractivity contribution is 0.0451. The number of fused-ring (bicyclic) bond motifs is 1. The van der Waals surface area contributed by atoms with Gasteiger partial charge in [0.1, 0.15) is 5.56 Å². The summed E-state index contributed by atoms with van der Waals surface area (Å²) in [7, 11) is 2.16. The van der Waals surface area contributed by atoms with Gasteiger partial charge in [-0.1, -0.05) is 13.8 Å². The van der Waals surface area contributed by atoms with Crippen LogP contribution >= 0.6 is 0 Å². The van der Waals surface area contributed by atoms with Gasteiger partial charge in [-0.3, -0.25) is 19.3 Å². The van der Waals surface area contributed by atoms with Gasteiger partial charge in [0.05, 0.1) is 0 Å². The summed E-state index contributed by atoms with van der Waals surface area (Å²) in [6.07, 6.45) is 3.51. The van der Waals surface area contributed by atoms with Crippen molar-refractivity contribution in [3.63, 3.8) is 0 Å². The Balaban J connectivity index is 1.46. The molecule has 1 aromatic rings. The first-order chi connectivity index (χ1) is 13.7. The number of rotatable bonds is 2. The van der Waals surface area contributed by atoms with Crippen molar-refractivity contribution < 1.29 is 9.59 Å². The molecule has 158 valence electrons. The van der Waals surface area contributed by atoms with Gasteiger partial charge in [0.2, 0.25) is 0 Å². The molecule has 0 saturated carbocycles. The Morgan fingerprint density at radius 2 is 1.83 bits per heavy atom. The van der Waals surface area contributed by atoms with Crippen molar-refractivity contribution in [2.24, 2.45) is 5.41 Å². The molecule has 1 aliphatic carbocycles. The summed E-state index contributed by atoms with van der Waals surface area (Å²) in [5.74, 6) is -0.250. The van der Waals surface area contributed by atoms with E-state index in [0.29, 0.717) is 43.2 Å². The van der Waals surface area contributed by atoms with Gasteiger partial charge in [-0.15, -0.1) is 0 Å². The molecule has 0 radical (unpaired) electrons. The van der Waals surface area contributed by atoms with Crippen LogP contribution in [0.1, 0.15) is 59.5 Å². The summed E-state index contributed by atoms with van der Waals surface area (Å²) in [6, 6.07) is 2.09. The fourth-order valence-electron chi connectivity index (χ4n) is 5.08. The second-order valence-corrected chi connectivity index (χ2v) is 9.73. The number of H-pyrrole nitrogens is 1. The first-order valence-corrected chi connectivity index (χ1v) is 10.7. The standard InChI is InChI=1S/C22H32N4O3/c1-22(2)12-18-16(19(27)13-22)11-17(20(28)23-18)21(29)26-9-7-25(8-10-26)15-5-4-6-24(3)14-15/h11,15H,4-10,12-14H2,1-3H3,(H,23,28). The molecule has 0 spiro atoms. The van der Waals surface area contributed by atoms with Crippen LogP contribution in [0.3, 0.4) is 0 Å². The molecule has 29 heavy (non-hydrogen) atoms. The summed E-state index contributed by atoms with van der Waals surface area (Å²) in [6.45, 7) is 9.19. The zero-order chi connectivity index (χ0) is 20.8. The Hall–Kier alpha value is -1.99. The van der Waals surface area contributed by atoms with Crippen molar-refractivity contribution in [1.82, 2.24) is 19.7 Å². The van der Waals surface area contributed by atoms with Gasteiger partial charge in [0.15, 0.2) is 5.78 Å². The Labute approximate surface area is 172 Å². The van der Waals surface area contributed by atoms with Crippen LogP contribution in [0.15, 0.2) is 10.9 Å². The molecule has 0 bridgehead atoms. The average molecular weight is 401 g/mol. The average Bonchev–Trinajstić information content (AvgIpc) is 2.66. The zero-order valence-electron chi connectivity index (χ0n) is 17.8. The third-order valence-electron chi connectivity index (χ3n) is 6.67. The number of ketones is 1. The molecule has 7 heteroatoms. The van der Waals surface area contributed by atoms with E-state index in [1.165, 1.54) is 18.9 Å². The minimum Gasteiger partial charge on any atom is -0.336 e. The molecule has 2 aliphatic heterocycles. The monoisotopic (exact) mass is 400 g/mol. The van der Waals surface area contributed by atoms with Crippen molar-refractivity contribution in [2.45, 2.75) is 45.6 Å². The van der Waals surface area contributed by atoms with Crippen LogP contribution < -0.4 is 5.56 Å². The number of hydrogen-bond donors (Lipinski definition) is 1. The van der Waals surface area contributed by atoms with Crippen molar-refractivity contribution in [2.75, 3.05) is 46.3 Å². The van der Waals surface area contributed by atoms with E-state index in [1.807, 2.05) is 13.8 Å². The molecule has 2 fully saturated rings. The maximum absolute atomic E-state index is 13.0. The third kappa shape index (κ3) is 4.16. The number of amides is 1. The van der Waals surface area contributed by atoms with E-state index >= 15 is 0 Å². The predicted molar refractivity (Wildman–Crippen MR) is 111 cm³/mol. The minimum absolute atomic E-state index is 0.00721. The predicted octanol–water partition coefficient (Wildman–Crippen LogP) is 1.38. The van der Waals surface area contributed by atoms with Crippen molar-refractivity contribution in [1.29, 1.82) is 0 Å². The summed E-state index contributed by atoms with van der Waals surface area (Å²) < 4.78 is 0. The van der Waals surface area contributed by atoms with Crippen LogP contribution in [-0.2, 0) is 6.42 Å². The fourth-order valence-corrected chi connectivity index (χ4v) is 5.08. The molecule has 1 N–H and O–H groups in total. The quantitative estimate of drug-likeness (QED) is 0.812. The van der Waals surface area contributed by atoms with E-state index in [1.54, 1.807) is 4.90 Å². The van der Waals surface area contributed by atoms with Gasteiger partial charge >= 0.3 is 0 Å². The fraction of sp³-hybridized carbons (Fsp3) is 0.682. The Kier molecular flexibility index (Phi) is 5.38. The van der Waals surface area contributed by atoms with Gasteiger partial charge in [0.25, 0.3) is 11.5 Å². The van der Waals surface area contributed by atoms with Gasteiger partial charge in [-0.2, -0.15) is 0 Å². The lowest BCUT2D eigenvalue weighted by Gasteiger charge is -2.42. The van der Waals surface area contributed by atoms with Crippen LogP contribution in [0.4, 0.5) is 0 Å². The highest BCUT2D eigenvalue weighted by atomic mass is 16.2. The first kappa shape index (κ1) is 20.3. The SMILES string of the molecule is CN1CCCC(N2CCN(C(=O)c3cc4c([nH]c3=O)CC(C)(C)CC4=O)CC2)C1. The number of Topliss-reactive ketones (excluding diaryl/α,β-unsaturated/α-hetero) is 1. The summed E-state index contributed by atoms with van der Waals surface area (Å²) in [5, 5.41) is 0. The van der Waals surface area contributed by atoms with E-state index in [9.17, 15) is 14.4 Å². The first-order valence-electron chi connectivity index (χ1n) is 10.7. The second-order valence-electron chi connectivity index (χ2n) is 9.73. The molecule has 0 aromatic carbocycles. The Morgan fingerprint density at radius 3 is 2.52 bits per heavy atom. The second kappa shape index (κ2) is 7.69. The van der Waals surface area contributed by atoms with Crippen molar-refractivity contribution in [3.05, 3.63) is 33.2 Å². The van der Waals surface area contributed by atoms with Crippen molar-refractivity contribution in [3.8, 4) is 0 Å². The number of pyridine rings is 1. The van der Waals surface area contributed by atoms with E-state index in [0.717, 1.165) is 26.2 Å². The lowest BCUT2D eigenvalue weighted by Crippen LogP contribution is -2.55. The molecular formula is C22H32N4O3. The van der Waals surface area contributed by atoms with E-state index in [2.05, 4.69) is 21.8 Å². The molecule has 7 nitrogen and oxygen atoms in total. The largest absolute Gasteiger partial charge is 0.336 e. The molecular weight excluding hydrogens is 368 g/mol. The van der Waals surface area contributed by atoms with Crippen LogP contribution in [0.5, 0.6) is 0 Å². The molecule has 2 saturated heterocycles. The van der Waals surface area contributed by atoms with E-state index < -0.39 is 0 Å². The number of hydrogen-bond acceptors (Lipinski definition) is 5. The summed E-state index contributed by atoms with van der Waals surface area (Å²) in [4.78, 5) is 47.6. The number of likely N-dealkylation sites (tertiary alicyclic amines) is 1. The summed E-state index contributed by atoms with van der Waals surface area (Å²) >= 11 is 0. The highest BCUT2D eigenvalue weighted by Crippen LogP contribution is 2.33. The third-order valence-corrected chi connectivity index (χ3v) is 6.67. The van der Waals surface area contributed by atoms with Gasteiger partial charge in [-0.05, 0) is 44.3 Å². The lowest BCUT2D eigenvalue weighted by atomic mass is 9.75. The van der Waals surface area contributed by atoms with Crippen LogP contribution in [0, 0.1) is 5.41 Å². The molecule has 1 unspecified atom stereocenters. The smallest absolute Gasteiger partial charge is 0.261 e. The molecule has 1 atom stereocenters. The number of carbonyl (C=O) groups is 2. The normalized spacial score (nSPS) is 25.7. The summed E-state index contributed by atoms with van der Waals surface area (Å²) in [5.41, 5.74) is 0.732. The maximum Gasteiger partial charge on any atom is 0.261 e. The number of piperazine rings is 1. The minimum atomic E-state index is -0.379. The van der Waals surface area contributed by atoms with Gasteiger partial charge < -0.3 is 14.8 Å². The highest BCUT2D eigenvalue weighted by Gasteiger charge is 2.34. The molecule has 1 aromatic heterocycles. The number of nitrogens with one attached hydrogen (secondary N) is 1. The van der Waals surface area contributed by atoms with Gasteiger partial charge in [-0.25, -0.2) is 0 Å². The number of piperidine rings is 1. The topological polar surface area (TPSA) is 76.7 Å². The number of aromatic amines is 1. The molecule has 3 heterocycles. The molecule has 4 rings (SSSR count). The van der Waals surface area contributed by atoms with Crippen LogP contribution in [0.25, 0.3) is 0 Å². The molecule has 1 amide bonds. The van der Waals surface area contributed by atoms with Crippen LogP contribution in [0.2, 0.25) is 0 Å². The number of aromatic nitrogens is 1.